The number of allylic oxidation sites excluding steroid dienone is 2. The quantitative estimate of drug-likeness (QED) is 0.666. The van der Waals surface area contributed by atoms with Gasteiger partial charge in [-0.3, -0.25) is 4.79 Å². The first-order valence-electron chi connectivity index (χ1n) is 5.74. The number of rotatable bonds is 4. The summed E-state index contributed by atoms with van der Waals surface area (Å²) < 4.78 is 0. The molecule has 0 aromatic heterocycles. The molecule has 0 aliphatic heterocycles. The van der Waals surface area contributed by atoms with E-state index >= 15 is 0 Å². The van der Waals surface area contributed by atoms with E-state index in [0.29, 0.717) is 17.6 Å². The predicted octanol–water partition coefficient (Wildman–Crippen LogP) is 3.74. The van der Waals surface area contributed by atoms with Crippen molar-refractivity contribution in [2.75, 3.05) is 0 Å². The molecule has 1 aliphatic rings. The van der Waals surface area contributed by atoms with Crippen LogP contribution in [0, 0.1) is 11.8 Å². The van der Waals surface area contributed by atoms with Crippen LogP contribution in [-0.4, -0.2) is 5.78 Å². The maximum absolute atomic E-state index is 11.6. The maximum atomic E-state index is 11.6. The Balaban J connectivity index is 2.74. The second-order valence-electron chi connectivity index (χ2n) is 5.20. The van der Waals surface area contributed by atoms with Crippen molar-refractivity contribution in [1.82, 2.24) is 0 Å². The molecular weight excluding hydrogens is 172 g/mol. The fourth-order valence-corrected chi connectivity index (χ4v) is 2.15. The molecule has 0 unspecified atom stereocenters. The Morgan fingerprint density at radius 3 is 2.07 bits per heavy atom. The van der Waals surface area contributed by atoms with Crippen LogP contribution in [0.1, 0.15) is 53.4 Å². The molecule has 1 heteroatoms. The third-order valence-electron chi connectivity index (χ3n) is 2.68. The average Bonchev–Trinajstić information content (AvgIpc) is 2.34. The van der Waals surface area contributed by atoms with Gasteiger partial charge in [0.25, 0.3) is 0 Å². The summed E-state index contributed by atoms with van der Waals surface area (Å²) in [6, 6.07) is 0. The Hall–Kier alpha value is -0.590. The monoisotopic (exact) mass is 194 g/mol. The van der Waals surface area contributed by atoms with Gasteiger partial charge in [0.1, 0.15) is 0 Å². The van der Waals surface area contributed by atoms with Crippen molar-refractivity contribution in [3.63, 3.8) is 0 Å². The molecule has 1 rings (SSSR count). The molecule has 1 aliphatic carbocycles. The van der Waals surface area contributed by atoms with Crippen LogP contribution in [0.15, 0.2) is 11.1 Å². The van der Waals surface area contributed by atoms with Crippen LogP contribution in [0.25, 0.3) is 0 Å². The first-order valence-corrected chi connectivity index (χ1v) is 5.74. The lowest BCUT2D eigenvalue weighted by atomic mass is 9.95. The summed E-state index contributed by atoms with van der Waals surface area (Å²) in [6.45, 7) is 8.82. The zero-order valence-electron chi connectivity index (χ0n) is 9.89. The third kappa shape index (κ3) is 2.97. The highest BCUT2D eigenvalue weighted by molar-refractivity contribution is 5.98. The Morgan fingerprint density at radius 1 is 1.00 bits per heavy atom. The largest absolute Gasteiger partial charge is 0.295 e. The number of hydrogen-bond donors (Lipinski definition) is 0. The Labute approximate surface area is 87.6 Å². The molecule has 0 heterocycles. The van der Waals surface area contributed by atoms with Crippen LogP contribution in [0.3, 0.4) is 0 Å². The molecule has 80 valence electrons. The van der Waals surface area contributed by atoms with Crippen LogP contribution in [0.5, 0.6) is 0 Å². The van der Waals surface area contributed by atoms with Gasteiger partial charge in [-0.1, -0.05) is 33.3 Å². The summed E-state index contributed by atoms with van der Waals surface area (Å²) in [5.74, 6) is 1.70. The molecule has 1 nitrogen and oxygen atoms in total. The second-order valence-corrected chi connectivity index (χ2v) is 5.20. The Kier molecular flexibility index (Phi) is 3.91. The summed E-state index contributed by atoms with van der Waals surface area (Å²) >= 11 is 0. The van der Waals surface area contributed by atoms with Crippen LogP contribution in [0.2, 0.25) is 0 Å². The van der Waals surface area contributed by atoms with Crippen molar-refractivity contribution in [2.24, 2.45) is 11.8 Å². The fourth-order valence-electron chi connectivity index (χ4n) is 2.15. The van der Waals surface area contributed by atoms with Gasteiger partial charge in [-0.2, -0.15) is 0 Å². The van der Waals surface area contributed by atoms with Crippen molar-refractivity contribution in [3.8, 4) is 0 Å². The first kappa shape index (κ1) is 11.5. The summed E-state index contributed by atoms with van der Waals surface area (Å²) in [4.78, 5) is 11.6. The molecule has 0 aromatic carbocycles. The van der Waals surface area contributed by atoms with Gasteiger partial charge in [0.05, 0.1) is 0 Å². The number of ketones is 1. The predicted molar refractivity (Wildman–Crippen MR) is 60.2 cm³/mol. The SMILES string of the molecule is CC(C)CC1=C(CC(C)C)C(=O)CC1. The van der Waals surface area contributed by atoms with Gasteiger partial charge in [0, 0.05) is 6.42 Å². The zero-order valence-corrected chi connectivity index (χ0v) is 9.89. The minimum Gasteiger partial charge on any atom is -0.295 e. The summed E-state index contributed by atoms with van der Waals surface area (Å²) in [7, 11) is 0. The normalized spacial score (nSPS) is 17.7. The molecule has 0 amide bonds. The van der Waals surface area contributed by atoms with Crippen LogP contribution in [-0.2, 0) is 4.79 Å². The summed E-state index contributed by atoms with van der Waals surface area (Å²) in [6.07, 6.45) is 3.90. The van der Waals surface area contributed by atoms with Crippen LogP contribution < -0.4 is 0 Å². The molecular formula is C13H22O. The molecule has 0 aromatic rings. The van der Waals surface area contributed by atoms with Crippen LogP contribution in [0.4, 0.5) is 0 Å². The van der Waals surface area contributed by atoms with Gasteiger partial charge in [0.15, 0.2) is 5.78 Å². The van der Waals surface area contributed by atoms with E-state index in [2.05, 4.69) is 27.7 Å². The van der Waals surface area contributed by atoms with Gasteiger partial charge in [0.2, 0.25) is 0 Å². The van der Waals surface area contributed by atoms with E-state index in [-0.39, 0.29) is 0 Å². The highest BCUT2D eigenvalue weighted by atomic mass is 16.1. The van der Waals surface area contributed by atoms with Gasteiger partial charge in [-0.25, -0.2) is 0 Å². The highest BCUT2D eigenvalue weighted by Gasteiger charge is 2.23. The van der Waals surface area contributed by atoms with E-state index in [0.717, 1.165) is 31.3 Å². The Bertz CT molecular complexity index is 246. The molecule has 0 fully saturated rings. The number of carbonyl (C=O) groups excluding carboxylic acids is 1. The van der Waals surface area contributed by atoms with E-state index in [1.54, 1.807) is 0 Å². The second kappa shape index (κ2) is 4.77. The van der Waals surface area contributed by atoms with E-state index < -0.39 is 0 Å². The molecule has 0 atom stereocenters. The van der Waals surface area contributed by atoms with Crippen LogP contribution >= 0.6 is 0 Å². The molecule has 0 saturated heterocycles. The topological polar surface area (TPSA) is 17.1 Å². The lowest BCUT2D eigenvalue weighted by Crippen LogP contribution is -2.01. The van der Waals surface area contributed by atoms with Crippen molar-refractivity contribution < 1.29 is 4.79 Å². The van der Waals surface area contributed by atoms with E-state index in [1.165, 1.54) is 5.57 Å². The maximum Gasteiger partial charge on any atom is 0.159 e. The van der Waals surface area contributed by atoms with Crippen molar-refractivity contribution >= 4 is 5.78 Å². The molecule has 0 saturated carbocycles. The van der Waals surface area contributed by atoms with Gasteiger partial charge >= 0.3 is 0 Å². The third-order valence-corrected chi connectivity index (χ3v) is 2.68. The molecule has 0 N–H and O–H groups in total. The molecule has 14 heavy (non-hydrogen) atoms. The fraction of sp³-hybridized carbons (Fsp3) is 0.769. The van der Waals surface area contributed by atoms with E-state index in [9.17, 15) is 4.79 Å². The summed E-state index contributed by atoms with van der Waals surface area (Å²) in [5, 5.41) is 0. The van der Waals surface area contributed by atoms with Gasteiger partial charge in [-0.05, 0) is 36.7 Å². The lowest BCUT2D eigenvalue weighted by molar-refractivity contribution is -0.115. The van der Waals surface area contributed by atoms with Gasteiger partial charge in [-0.15, -0.1) is 0 Å². The lowest BCUT2D eigenvalue weighted by Gasteiger charge is -2.10. The van der Waals surface area contributed by atoms with Crippen molar-refractivity contribution in [3.05, 3.63) is 11.1 Å². The average molecular weight is 194 g/mol. The standard InChI is InChI=1S/C13H22O/c1-9(2)7-11-5-6-13(14)12(11)8-10(3)4/h9-10H,5-8H2,1-4H3. The van der Waals surface area contributed by atoms with Crippen molar-refractivity contribution in [1.29, 1.82) is 0 Å². The van der Waals surface area contributed by atoms with Gasteiger partial charge < -0.3 is 0 Å². The first-order chi connectivity index (χ1) is 6.50. The number of hydrogen-bond acceptors (Lipinski definition) is 1. The smallest absolute Gasteiger partial charge is 0.159 e. The number of Topliss-reactive ketones (excluding diaryl/α,β-unsaturated/α-hetero) is 1. The highest BCUT2D eigenvalue weighted by Crippen LogP contribution is 2.31. The molecule has 0 bridgehead atoms. The Morgan fingerprint density at radius 2 is 1.57 bits per heavy atom. The summed E-state index contributed by atoms with van der Waals surface area (Å²) in [5.41, 5.74) is 2.60. The van der Waals surface area contributed by atoms with Crippen molar-refractivity contribution in [2.45, 2.75) is 53.4 Å². The minimum absolute atomic E-state index is 0.411. The van der Waals surface area contributed by atoms with E-state index in [1.807, 2.05) is 0 Å². The van der Waals surface area contributed by atoms with E-state index in [4.69, 9.17) is 0 Å². The number of carbonyl (C=O) groups is 1. The molecule has 0 spiro atoms. The molecule has 0 radical (unpaired) electrons. The minimum atomic E-state index is 0.411. The zero-order chi connectivity index (χ0) is 10.7.